The Balaban J connectivity index is 3.27. The molecule has 0 saturated heterocycles. The van der Waals surface area contributed by atoms with Crippen LogP contribution in [0.2, 0.25) is 5.02 Å². The molecule has 0 radical (unpaired) electrons. The van der Waals surface area contributed by atoms with Crippen molar-refractivity contribution in [3.63, 3.8) is 0 Å². The van der Waals surface area contributed by atoms with Gasteiger partial charge in [-0.15, -0.1) is 0 Å². The van der Waals surface area contributed by atoms with Crippen molar-refractivity contribution in [3.05, 3.63) is 34.1 Å². The Bertz CT molecular complexity index is 498. The Morgan fingerprint density at radius 2 is 1.94 bits per heavy atom. The molecular weight excluding hydrogens is 274 g/mol. The second-order valence-corrected chi connectivity index (χ2v) is 7.00. The van der Waals surface area contributed by atoms with Crippen LogP contribution in [0, 0.1) is 5.82 Å². The molecule has 0 aliphatic heterocycles. The van der Waals surface area contributed by atoms with Gasteiger partial charge in [0, 0.05) is 16.2 Å². The first-order valence-electron chi connectivity index (χ1n) is 4.61. The Morgan fingerprint density at radius 3 is 2.38 bits per heavy atom. The van der Waals surface area contributed by atoms with E-state index in [0.29, 0.717) is 0 Å². The van der Waals surface area contributed by atoms with Gasteiger partial charge in [-0.05, 0) is 17.5 Å². The molecular formula is C10H11Cl2FO2S. The molecule has 6 heteroatoms. The van der Waals surface area contributed by atoms with Crippen molar-refractivity contribution < 1.29 is 12.8 Å². The van der Waals surface area contributed by atoms with E-state index >= 15 is 0 Å². The van der Waals surface area contributed by atoms with Gasteiger partial charge in [0.05, 0.1) is 10.8 Å². The highest BCUT2D eigenvalue weighted by atomic mass is 35.7. The fourth-order valence-electron chi connectivity index (χ4n) is 1.29. The number of benzene rings is 1. The monoisotopic (exact) mass is 284 g/mol. The lowest BCUT2D eigenvalue weighted by molar-refractivity contribution is 0.597. The highest BCUT2D eigenvalue weighted by Crippen LogP contribution is 2.27. The minimum absolute atomic E-state index is 0.00574. The van der Waals surface area contributed by atoms with Crippen LogP contribution in [0.1, 0.15) is 30.9 Å². The average molecular weight is 285 g/mol. The topological polar surface area (TPSA) is 34.1 Å². The third-order valence-electron chi connectivity index (χ3n) is 2.12. The summed E-state index contributed by atoms with van der Waals surface area (Å²) >= 11 is 5.68. The summed E-state index contributed by atoms with van der Waals surface area (Å²) in [6.45, 7) is 3.81. The molecule has 16 heavy (non-hydrogen) atoms. The van der Waals surface area contributed by atoms with Crippen LogP contribution in [0.15, 0.2) is 12.1 Å². The van der Waals surface area contributed by atoms with E-state index < -0.39 is 20.6 Å². The predicted molar refractivity (Wildman–Crippen MR) is 64.0 cm³/mol. The molecule has 1 aromatic carbocycles. The minimum Gasteiger partial charge on any atom is -0.212 e. The van der Waals surface area contributed by atoms with Gasteiger partial charge in [-0.25, -0.2) is 12.8 Å². The highest BCUT2D eigenvalue weighted by molar-refractivity contribution is 8.13. The Kier molecular flexibility index (Phi) is 4.21. The van der Waals surface area contributed by atoms with E-state index in [9.17, 15) is 12.8 Å². The molecule has 0 atom stereocenters. The van der Waals surface area contributed by atoms with Gasteiger partial charge >= 0.3 is 0 Å². The van der Waals surface area contributed by atoms with Crippen LogP contribution in [0.4, 0.5) is 4.39 Å². The maximum absolute atomic E-state index is 13.5. The van der Waals surface area contributed by atoms with Crippen LogP contribution < -0.4 is 0 Å². The van der Waals surface area contributed by atoms with Crippen molar-refractivity contribution in [1.82, 2.24) is 0 Å². The summed E-state index contributed by atoms with van der Waals surface area (Å²) < 4.78 is 35.3. The molecule has 0 saturated carbocycles. The Morgan fingerprint density at radius 1 is 1.38 bits per heavy atom. The molecule has 0 aliphatic rings. The molecule has 0 aromatic heterocycles. The van der Waals surface area contributed by atoms with E-state index in [-0.39, 0.29) is 16.5 Å². The fraction of sp³-hybridized carbons (Fsp3) is 0.400. The summed E-state index contributed by atoms with van der Waals surface area (Å²) in [5.74, 6) is -1.15. The van der Waals surface area contributed by atoms with Gasteiger partial charge in [-0.2, -0.15) is 0 Å². The first kappa shape index (κ1) is 13.7. The fourth-order valence-corrected chi connectivity index (χ4v) is 2.47. The van der Waals surface area contributed by atoms with Crippen molar-refractivity contribution >= 4 is 31.3 Å². The molecule has 0 aliphatic carbocycles. The molecule has 0 spiro atoms. The second-order valence-electron chi connectivity index (χ2n) is 3.81. The van der Waals surface area contributed by atoms with Crippen LogP contribution in [0.25, 0.3) is 0 Å². The van der Waals surface area contributed by atoms with Crippen LogP contribution >= 0.6 is 22.3 Å². The maximum Gasteiger partial charge on any atom is 0.236 e. The second kappa shape index (κ2) is 4.90. The van der Waals surface area contributed by atoms with Gasteiger partial charge in [0.1, 0.15) is 5.82 Å². The van der Waals surface area contributed by atoms with Crippen molar-refractivity contribution in [2.24, 2.45) is 0 Å². The molecule has 0 amide bonds. The lowest BCUT2D eigenvalue weighted by Gasteiger charge is -2.10. The molecule has 1 rings (SSSR count). The predicted octanol–water partition coefficient (Wildman–Crippen LogP) is 3.67. The van der Waals surface area contributed by atoms with Gasteiger partial charge in [0.2, 0.25) is 9.05 Å². The first-order chi connectivity index (χ1) is 7.20. The number of halogens is 3. The number of rotatable bonds is 3. The Hall–Kier alpha value is -0.320. The largest absolute Gasteiger partial charge is 0.236 e. The Labute approximate surface area is 104 Å². The van der Waals surface area contributed by atoms with E-state index in [4.69, 9.17) is 22.3 Å². The summed E-state index contributed by atoms with van der Waals surface area (Å²) in [4.78, 5) is 0. The number of hydrogen-bond acceptors (Lipinski definition) is 2. The highest BCUT2D eigenvalue weighted by Gasteiger charge is 2.16. The molecule has 2 nitrogen and oxygen atoms in total. The van der Waals surface area contributed by atoms with Crippen LogP contribution in [-0.4, -0.2) is 8.42 Å². The van der Waals surface area contributed by atoms with Crippen LogP contribution in [0.3, 0.4) is 0 Å². The van der Waals surface area contributed by atoms with E-state index in [2.05, 4.69) is 0 Å². The minimum atomic E-state index is -3.79. The van der Waals surface area contributed by atoms with Crippen molar-refractivity contribution in [1.29, 1.82) is 0 Å². The normalized spacial score (nSPS) is 12.1. The summed E-state index contributed by atoms with van der Waals surface area (Å²) in [5.41, 5.74) is 0.785. The summed E-state index contributed by atoms with van der Waals surface area (Å²) in [7, 11) is 1.30. The van der Waals surface area contributed by atoms with E-state index in [1.54, 1.807) is 0 Å². The molecule has 0 heterocycles. The third kappa shape index (κ3) is 3.61. The van der Waals surface area contributed by atoms with Gasteiger partial charge < -0.3 is 0 Å². The maximum atomic E-state index is 13.5. The smallest absolute Gasteiger partial charge is 0.212 e. The quantitative estimate of drug-likeness (QED) is 0.794. The summed E-state index contributed by atoms with van der Waals surface area (Å²) in [6, 6.07) is 2.97. The standard InChI is InChI=1S/C10H11Cl2FO2S/c1-6(2)7-3-8(5-16(12,14)15)10(13)9(11)4-7/h3-4,6H,5H2,1-2H3. The van der Waals surface area contributed by atoms with E-state index in [1.165, 1.54) is 12.1 Å². The summed E-state index contributed by atoms with van der Waals surface area (Å²) in [5, 5.41) is -0.0819. The van der Waals surface area contributed by atoms with Crippen LogP contribution in [-0.2, 0) is 14.8 Å². The molecule has 0 bridgehead atoms. The van der Waals surface area contributed by atoms with E-state index in [1.807, 2.05) is 13.8 Å². The average Bonchev–Trinajstić information content (AvgIpc) is 2.10. The number of hydrogen-bond donors (Lipinski definition) is 0. The van der Waals surface area contributed by atoms with Gasteiger partial charge in [0.15, 0.2) is 0 Å². The molecule has 1 aromatic rings. The van der Waals surface area contributed by atoms with Crippen molar-refractivity contribution in [3.8, 4) is 0 Å². The van der Waals surface area contributed by atoms with Gasteiger partial charge in [-0.1, -0.05) is 31.5 Å². The molecule has 0 N–H and O–H groups in total. The zero-order valence-electron chi connectivity index (χ0n) is 8.80. The van der Waals surface area contributed by atoms with Gasteiger partial charge in [-0.3, -0.25) is 0 Å². The molecule has 0 unspecified atom stereocenters. The lowest BCUT2D eigenvalue weighted by Crippen LogP contribution is -2.01. The molecule has 90 valence electrons. The summed E-state index contributed by atoms with van der Waals surface area (Å²) in [6.07, 6.45) is 0. The molecule has 0 fully saturated rings. The first-order valence-corrected chi connectivity index (χ1v) is 7.46. The van der Waals surface area contributed by atoms with Gasteiger partial charge in [0.25, 0.3) is 0 Å². The lowest BCUT2D eigenvalue weighted by atomic mass is 10.0. The zero-order valence-corrected chi connectivity index (χ0v) is 11.1. The van der Waals surface area contributed by atoms with E-state index in [0.717, 1.165) is 5.56 Å². The van der Waals surface area contributed by atoms with Crippen molar-refractivity contribution in [2.75, 3.05) is 0 Å². The SMILES string of the molecule is CC(C)c1cc(Cl)c(F)c(CS(=O)(=O)Cl)c1. The van der Waals surface area contributed by atoms with Crippen molar-refractivity contribution in [2.45, 2.75) is 25.5 Å². The van der Waals surface area contributed by atoms with Crippen LogP contribution in [0.5, 0.6) is 0 Å². The zero-order chi connectivity index (χ0) is 12.5. The third-order valence-corrected chi connectivity index (χ3v) is 3.38.